The predicted octanol–water partition coefficient (Wildman–Crippen LogP) is -1.36. The van der Waals surface area contributed by atoms with Crippen LogP contribution in [-0.4, -0.2) is 38.1 Å². The Bertz CT molecular complexity index is 260. The lowest BCUT2D eigenvalue weighted by Gasteiger charge is -2.41. The molecule has 0 radical (unpaired) electrons. The van der Waals surface area contributed by atoms with Gasteiger partial charge in [0, 0.05) is 24.9 Å². The lowest BCUT2D eigenvalue weighted by Crippen LogP contribution is -2.61. The van der Waals surface area contributed by atoms with Crippen molar-refractivity contribution < 1.29 is 14.3 Å². The standard InChI is InChI=1S/C8H12N2O3/c1-13-7(12)6-8(3-9-4-8)2-5(11)10-6/h6,9H,2-4H2,1H3,(H,10,11). The molecule has 0 aromatic heterocycles. The fourth-order valence-corrected chi connectivity index (χ4v) is 1.99. The van der Waals surface area contributed by atoms with Crippen LogP contribution in [0.2, 0.25) is 0 Å². The van der Waals surface area contributed by atoms with Crippen molar-refractivity contribution in [2.75, 3.05) is 20.2 Å². The fourth-order valence-electron chi connectivity index (χ4n) is 1.99. The van der Waals surface area contributed by atoms with Crippen molar-refractivity contribution in [2.24, 2.45) is 5.41 Å². The Morgan fingerprint density at radius 2 is 2.31 bits per heavy atom. The molecular weight excluding hydrogens is 172 g/mol. The van der Waals surface area contributed by atoms with Gasteiger partial charge in [0.1, 0.15) is 6.04 Å². The van der Waals surface area contributed by atoms with Crippen LogP contribution in [0.25, 0.3) is 0 Å². The number of carbonyl (C=O) groups excluding carboxylic acids is 2. The van der Waals surface area contributed by atoms with Crippen LogP contribution in [0.5, 0.6) is 0 Å². The van der Waals surface area contributed by atoms with Gasteiger partial charge in [-0.3, -0.25) is 4.79 Å². The minimum Gasteiger partial charge on any atom is -0.467 e. The molecule has 2 heterocycles. The number of hydrogen-bond donors (Lipinski definition) is 2. The molecule has 2 aliphatic rings. The average molecular weight is 184 g/mol. The quantitative estimate of drug-likeness (QED) is 0.494. The number of ether oxygens (including phenoxy) is 1. The van der Waals surface area contributed by atoms with E-state index in [1.54, 1.807) is 0 Å². The maximum absolute atomic E-state index is 11.3. The summed E-state index contributed by atoms with van der Waals surface area (Å²) in [5, 5.41) is 5.72. The largest absolute Gasteiger partial charge is 0.467 e. The number of methoxy groups -OCH3 is 1. The van der Waals surface area contributed by atoms with Gasteiger partial charge in [-0.15, -0.1) is 0 Å². The summed E-state index contributed by atoms with van der Waals surface area (Å²) >= 11 is 0. The van der Waals surface area contributed by atoms with Gasteiger partial charge in [-0.05, 0) is 0 Å². The van der Waals surface area contributed by atoms with Gasteiger partial charge in [0.2, 0.25) is 5.91 Å². The van der Waals surface area contributed by atoms with Gasteiger partial charge in [-0.25, -0.2) is 4.79 Å². The lowest BCUT2D eigenvalue weighted by molar-refractivity contribution is -0.147. The smallest absolute Gasteiger partial charge is 0.329 e. The van der Waals surface area contributed by atoms with E-state index >= 15 is 0 Å². The number of hydrogen-bond acceptors (Lipinski definition) is 4. The summed E-state index contributed by atoms with van der Waals surface area (Å²) in [6.45, 7) is 1.43. The van der Waals surface area contributed by atoms with E-state index in [2.05, 4.69) is 15.4 Å². The zero-order chi connectivity index (χ0) is 9.47. The molecule has 0 saturated carbocycles. The second-order valence-electron chi connectivity index (χ2n) is 3.67. The van der Waals surface area contributed by atoms with Crippen LogP contribution in [-0.2, 0) is 14.3 Å². The molecule has 13 heavy (non-hydrogen) atoms. The third-order valence-electron chi connectivity index (χ3n) is 2.82. The highest BCUT2D eigenvalue weighted by Gasteiger charge is 2.54. The van der Waals surface area contributed by atoms with E-state index in [-0.39, 0.29) is 17.3 Å². The Kier molecular flexibility index (Phi) is 1.76. The van der Waals surface area contributed by atoms with E-state index in [1.807, 2.05) is 0 Å². The van der Waals surface area contributed by atoms with Crippen LogP contribution >= 0.6 is 0 Å². The molecule has 2 fully saturated rings. The van der Waals surface area contributed by atoms with E-state index in [0.29, 0.717) is 19.5 Å². The molecule has 5 heteroatoms. The maximum Gasteiger partial charge on any atom is 0.329 e. The lowest BCUT2D eigenvalue weighted by atomic mass is 9.75. The highest BCUT2D eigenvalue weighted by molar-refractivity contribution is 5.90. The summed E-state index contributed by atoms with van der Waals surface area (Å²) in [5.74, 6) is -0.399. The van der Waals surface area contributed by atoms with Crippen molar-refractivity contribution in [3.8, 4) is 0 Å². The van der Waals surface area contributed by atoms with Crippen LogP contribution < -0.4 is 10.6 Å². The van der Waals surface area contributed by atoms with Crippen molar-refractivity contribution in [2.45, 2.75) is 12.5 Å². The van der Waals surface area contributed by atoms with E-state index in [4.69, 9.17) is 0 Å². The van der Waals surface area contributed by atoms with Crippen LogP contribution in [0.3, 0.4) is 0 Å². The Morgan fingerprint density at radius 1 is 1.62 bits per heavy atom. The topological polar surface area (TPSA) is 67.4 Å². The molecule has 1 amide bonds. The van der Waals surface area contributed by atoms with Crippen molar-refractivity contribution in [1.29, 1.82) is 0 Å². The van der Waals surface area contributed by atoms with Crippen molar-refractivity contribution in [3.05, 3.63) is 0 Å². The molecule has 1 spiro atoms. The molecule has 0 bridgehead atoms. The minimum absolute atomic E-state index is 0.0584. The van der Waals surface area contributed by atoms with Gasteiger partial charge < -0.3 is 15.4 Å². The molecule has 0 aliphatic carbocycles. The summed E-state index contributed by atoms with van der Waals surface area (Å²) < 4.78 is 4.63. The van der Waals surface area contributed by atoms with Gasteiger partial charge in [-0.1, -0.05) is 0 Å². The first-order valence-corrected chi connectivity index (χ1v) is 4.26. The van der Waals surface area contributed by atoms with Crippen molar-refractivity contribution >= 4 is 11.9 Å². The summed E-state index contributed by atoms with van der Waals surface area (Å²) in [7, 11) is 1.34. The highest BCUT2D eigenvalue weighted by atomic mass is 16.5. The van der Waals surface area contributed by atoms with Gasteiger partial charge in [0.05, 0.1) is 7.11 Å². The molecule has 2 aliphatic heterocycles. The van der Waals surface area contributed by atoms with Gasteiger partial charge in [0.25, 0.3) is 0 Å². The minimum atomic E-state index is -0.453. The first kappa shape index (κ1) is 8.50. The third kappa shape index (κ3) is 1.11. The van der Waals surface area contributed by atoms with Crippen LogP contribution in [0, 0.1) is 5.41 Å². The van der Waals surface area contributed by atoms with Crippen molar-refractivity contribution in [1.82, 2.24) is 10.6 Å². The van der Waals surface area contributed by atoms with Crippen LogP contribution in [0.4, 0.5) is 0 Å². The van der Waals surface area contributed by atoms with Crippen molar-refractivity contribution in [3.63, 3.8) is 0 Å². The van der Waals surface area contributed by atoms with Crippen LogP contribution in [0.15, 0.2) is 0 Å². The number of nitrogens with one attached hydrogen (secondary N) is 2. The number of rotatable bonds is 1. The number of esters is 1. The molecule has 5 nitrogen and oxygen atoms in total. The zero-order valence-corrected chi connectivity index (χ0v) is 7.42. The second-order valence-corrected chi connectivity index (χ2v) is 3.67. The molecule has 72 valence electrons. The average Bonchev–Trinajstić information content (AvgIpc) is 2.41. The fraction of sp³-hybridized carbons (Fsp3) is 0.750. The zero-order valence-electron chi connectivity index (χ0n) is 7.42. The molecular formula is C8H12N2O3. The van der Waals surface area contributed by atoms with E-state index < -0.39 is 6.04 Å². The highest BCUT2D eigenvalue weighted by Crippen LogP contribution is 2.36. The summed E-state index contributed by atoms with van der Waals surface area (Å²) in [5.41, 5.74) is -0.218. The molecule has 2 rings (SSSR count). The van der Waals surface area contributed by atoms with Gasteiger partial charge in [-0.2, -0.15) is 0 Å². The van der Waals surface area contributed by atoms with E-state index in [0.717, 1.165) is 0 Å². The molecule has 1 unspecified atom stereocenters. The Labute approximate surface area is 75.8 Å². The Balaban J connectivity index is 2.17. The van der Waals surface area contributed by atoms with E-state index in [9.17, 15) is 9.59 Å². The molecule has 0 aromatic carbocycles. The first-order valence-electron chi connectivity index (χ1n) is 4.26. The summed E-state index contributed by atoms with van der Waals surface area (Å²) in [6.07, 6.45) is 0.430. The molecule has 0 aromatic rings. The Hall–Kier alpha value is -1.10. The first-order chi connectivity index (χ1) is 6.18. The van der Waals surface area contributed by atoms with Gasteiger partial charge >= 0.3 is 5.97 Å². The second kappa shape index (κ2) is 2.70. The predicted molar refractivity (Wildman–Crippen MR) is 43.9 cm³/mol. The number of carbonyl (C=O) groups is 2. The molecule has 1 atom stereocenters. The molecule has 2 saturated heterocycles. The normalized spacial score (nSPS) is 29.6. The summed E-state index contributed by atoms with van der Waals surface area (Å²) in [4.78, 5) is 22.4. The van der Waals surface area contributed by atoms with E-state index in [1.165, 1.54) is 7.11 Å². The summed E-state index contributed by atoms with van der Waals surface area (Å²) in [6, 6.07) is -0.453. The molecule has 2 N–H and O–H groups in total. The third-order valence-corrected chi connectivity index (χ3v) is 2.82. The Morgan fingerprint density at radius 3 is 2.77 bits per heavy atom. The monoisotopic (exact) mass is 184 g/mol. The number of amides is 1. The SMILES string of the molecule is COC(=O)C1NC(=O)CC12CNC2. The maximum atomic E-state index is 11.3. The van der Waals surface area contributed by atoms with Crippen LogP contribution in [0.1, 0.15) is 6.42 Å². The van der Waals surface area contributed by atoms with Gasteiger partial charge in [0.15, 0.2) is 0 Å².